The van der Waals surface area contributed by atoms with E-state index in [1.807, 2.05) is 30.8 Å². The lowest BCUT2D eigenvalue weighted by Gasteiger charge is -2.38. The molecule has 2 saturated heterocycles. The molecule has 1 saturated carbocycles. The molecule has 0 spiro atoms. The van der Waals surface area contributed by atoms with Gasteiger partial charge in [0.2, 0.25) is 5.91 Å². The van der Waals surface area contributed by atoms with E-state index < -0.39 is 11.6 Å². The van der Waals surface area contributed by atoms with Crippen LogP contribution in [0.15, 0.2) is 36.5 Å². The molecule has 6 rings (SSSR count). The maximum absolute atomic E-state index is 14.3. The first-order valence-electron chi connectivity index (χ1n) is 13.6. The fraction of sp³-hybridized carbons (Fsp3) is 0.536. The second-order valence-electron chi connectivity index (χ2n) is 11.4. The molecule has 3 fully saturated rings. The molecule has 6 atom stereocenters. The van der Waals surface area contributed by atoms with Crippen molar-refractivity contribution in [1.29, 1.82) is 0 Å². The average Bonchev–Trinajstić information content (AvgIpc) is 3.47. The van der Waals surface area contributed by atoms with Gasteiger partial charge in [0.1, 0.15) is 17.5 Å². The molecule has 4 unspecified atom stereocenters. The third-order valence-corrected chi connectivity index (χ3v) is 8.56. The number of hydrazine groups is 1. The Morgan fingerprint density at radius 2 is 1.92 bits per heavy atom. The molecule has 2 aliphatic heterocycles. The molecule has 0 bridgehead atoms. The summed E-state index contributed by atoms with van der Waals surface area (Å²) < 4.78 is 30.3. The summed E-state index contributed by atoms with van der Waals surface area (Å²) in [6.45, 7) is 3.37. The third-order valence-electron chi connectivity index (χ3n) is 8.56. The number of piperidine rings is 1. The quantitative estimate of drug-likeness (QED) is 0.477. The number of aryl methyl sites for hydroxylation is 1. The fourth-order valence-corrected chi connectivity index (χ4v) is 6.85. The van der Waals surface area contributed by atoms with Gasteiger partial charge in [0.15, 0.2) is 5.65 Å². The van der Waals surface area contributed by atoms with E-state index in [4.69, 9.17) is 0 Å². The predicted molar refractivity (Wildman–Crippen MR) is 139 cm³/mol. The summed E-state index contributed by atoms with van der Waals surface area (Å²) in [5.74, 6) is 0.127. The Balaban J connectivity index is 1.10. The van der Waals surface area contributed by atoms with Crippen LogP contribution in [0.1, 0.15) is 48.7 Å². The molecule has 10 heteroatoms. The van der Waals surface area contributed by atoms with Crippen LogP contribution >= 0.6 is 0 Å². The van der Waals surface area contributed by atoms with Gasteiger partial charge in [0.05, 0.1) is 6.04 Å². The summed E-state index contributed by atoms with van der Waals surface area (Å²) in [7, 11) is 2.00. The Labute approximate surface area is 221 Å². The number of nitrogens with zero attached hydrogens (tertiary/aromatic N) is 4. The van der Waals surface area contributed by atoms with Crippen molar-refractivity contribution in [2.24, 2.45) is 17.8 Å². The number of aromatic nitrogens is 3. The maximum Gasteiger partial charge on any atom is 0.223 e. The van der Waals surface area contributed by atoms with Crippen LogP contribution < -0.4 is 16.2 Å². The third kappa shape index (κ3) is 5.04. The Kier molecular flexibility index (Phi) is 6.88. The lowest BCUT2D eigenvalue weighted by atomic mass is 9.74. The van der Waals surface area contributed by atoms with Gasteiger partial charge >= 0.3 is 0 Å². The number of pyridine rings is 1. The molecule has 2 aromatic heterocycles. The first-order valence-corrected chi connectivity index (χ1v) is 13.6. The van der Waals surface area contributed by atoms with Crippen molar-refractivity contribution in [2.75, 3.05) is 20.1 Å². The van der Waals surface area contributed by atoms with Gasteiger partial charge in [-0.3, -0.25) is 10.2 Å². The van der Waals surface area contributed by atoms with Gasteiger partial charge in [-0.25, -0.2) is 23.7 Å². The number of likely N-dealkylation sites (N-methyl/N-ethyl adjacent to an activating group) is 1. The zero-order valence-corrected chi connectivity index (χ0v) is 21.8. The normalized spacial score (nSPS) is 29.9. The van der Waals surface area contributed by atoms with Gasteiger partial charge in [-0.15, -0.1) is 0 Å². The summed E-state index contributed by atoms with van der Waals surface area (Å²) in [5, 5.41) is 7.75. The molecule has 3 N–H and O–H groups in total. The molecule has 3 aromatic rings. The lowest BCUT2D eigenvalue weighted by molar-refractivity contribution is -0.127. The summed E-state index contributed by atoms with van der Waals surface area (Å²) in [4.78, 5) is 20.0. The highest BCUT2D eigenvalue weighted by Crippen LogP contribution is 2.40. The number of benzene rings is 1. The number of halogens is 2. The Hall–Kier alpha value is -2.95. The summed E-state index contributed by atoms with van der Waals surface area (Å²) in [5.41, 5.74) is 9.00. The maximum atomic E-state index is 14.3. The van der Waals surface area contributed by atoms with E-state index in [2.05, 4.69) is 37.2 Å². The van der Waals surface area contributed by atoms with E-state index in [0.29, 0.717) is 18.9 Å². The van der Waals surface area contributed by atoms with E-state index >= 15 is 0 Å². The second kappa shape index (κ2) is 10.3. The van der Waals surface area contributed by atoms with Crippen molar-refractivity contribution < 1.29 is 13.6 Å². The standard InChI is InChI=1S/C28H35F2N7O/c1-16-31-26-9-7-19(14-37(26)35-16)27-22-12-18(6-8-25(22)33-34-27)28(38)32-20-10-17(13-36(2)15-20)11-21-23(29)4-3-5-24(21)30/h3-5,7,9,14,17-18,20,22,25,27,33-34H,6,8,10-13,15H2,1-2H3,(H,32,38)/t17-,18?,20+,22?,25?,27?/m0/s1. The van der Waals surface area contributed by atoms with Crippen LogP contribution in [0.3, 0.4) is 0 Å². The van der Waals surface area contributed by atoms with Crippen LogP contribution in [-0.4, -0.2) is 57.6 Å². The first-order chi connectivity index (χ1) is 18.3. The minimum atomic E-state index is -0.498. The van der Waals surface area contributed by atoms with Crippen LogP contribution in [0.5, 0.6) is 0 Å². The largest absolute Gasteiger partial charge is 0.352 e. The van der Waals surface area contributed by atoms with Gasteiger partial charge in [0.25, 0.3) is 0 Å². The van der Waals surface area contributed by atoms with Crippen molar-refractivity contribution in [2.45, 2.75) is 57.2 Å². The van der Waals surface area contributed by atoms with Gasteiger partial charge in [0, 0.05) is 42.9 Å². The summed E-state index contributed by atoms with van der Waals surface area (Å²) >= 11 is 0. The van der Waals surface area contributed by atoms with Gasteiger partial charge in [-0.1, -0.05) is 12.1 Å². The zero-order chi connectivity index (χ0) is 26.4. The first kappa shape index (κ1) is 25.3. The molecule has 1 aliphatic carbocycles. The van der Waals surface area contributed by atoms with Crippen molar-refractivity contribution >= 4 is 11.6 Å². The Morgan fingerprint density at radius 3 is 2.74 bits per heavy atom. The van der Waals surface area contributed by atoms with E-state index in [9.17, 15) is 13.6 Å². The van der Waals surface area contributed by atoms with E-state index in [1.165, 1.54) is 18.2 Å². The van der Waals surface area contributed by atoms with Crippen LogP contribution in [0.25, 0.3) is 5.65 Å². The van der Waals surface area contributed by atoms with Crippen molar-refractivity contribution in [1.82, 2.24) is 35.7 Å². The monoisotopic (exact) mass is 523 g/mol. The van der Waals surface area contributed by atoms with Crippen molar-refractivity contribution in [3.05, 3.63) is 65.1 Å². The molecular formula is C28H35F2N7O. The minimum Gasteiger partial charge on any atom is -0.352 e. The van der Waals surface area contributed by atoms with Gasteiger partial charge in [-0.2, -0.15) is 5.10 Å². The fourth-order valence-electron chi connectivity index (χ4n) is 6.85. The Morgan fingerprint density at radius 1 is 1.11 bits per heavy atom. The number of rotatable bonds is 5. The van der Waals surface area contributed by atoms with Gasteiger partial charge < -0.3 is 10.2 Å². The highest BCUT2D eigenvalue weighted by molar-refractivity contribution is 5.79. The zero-order valence-electron chi connectivity index (χ0n) is 21.8. The average molecular weight is 524 g/mol. The predicted octanol–water partition coefficient (Wildman–Crippen LogP) is 2.93. The highest BCUT2D eigenvalue weighted by atomic mass is 19.1. The molecule has 202 valence electrons. The van der Waals surface area contributed by atoms with Crippen LogP contribution in [-0.2, 0) is 11.2 Å². The highest BCUT2D eigenvalue weighted by Gasteiger charge is 2.43. The van der Waals surface area contributed by atoms with Crippen LogP contribution in [0.4, 0.5) is 8.78 Å². The number of carbonyl (C=O) groups excluding carboxylic acids is 1. The molecule has 3 aliphatic rings. The SMILES string of the molecule is Cc1nc2ccc(C3NNC4CCC(C(=O)N[C@@H]5C[C@@H](Cc6c(F)cccc6F)CN(C)C5)CC43)cn2n1. The van der Waals surface area contributed by atoms with Crippen LogP contribution in [0.2, 0.25) is 0 Å². The van der Waals surface area contributed by atoms with E-state index in [0.717, 1.165) is 49.4 Å². The number of nitrogens with one attached hydrogen (secondary N) is 3. The molecule has 8 nitrogen and oxygen atoms in total. The van der Waals surface area contributed by atoms with Crippen molar-refractivity contribution in [3.8, 4) is 0 Å². The van der Waals surface area contributed by atoms with Crippen LogP contribution in [0, 0.1) is 36.3 Å². The molecule has 1 amide bonds. The molecule has 1 aromatic carbocycles. The minimum absolute atomic E-state index is 0.0348. The van der Waals surface area contributed by atoms with E-state index in [1.54, 1.807) is 0 Å². The molecule has 4 heterocycles. The number of fused-ring (bicyclic) bond motifs is 2. The number of hydrogen-bond donors (Lipinski definition) is 3. The van der Waals surface area contributed by atoms with Gasteiger partial charge in [-0.05, 0) is 81.7 Å². The molecular weight excluding hydrogens is 488 g/mol. The molecule has 38 heavy (non-hydrogen) atoms. The number of likely N-dealkylation sites (tertiary alicyclic amines) is 1. The number of carbonyl (C=O) groups is 1. The summed E-state index contributed by atoms with van der Waals surface area (Å²) in [6, 6.07) is 8.46. The smallest absolute Gasteiger partial charge is 0.223 e. The lowest BCUT2D eigenvalue weighted by Crippen LogP contribution is -2.52. The molecule has 0 radical (unpaired) electrons. The summed E-state index contributed by atoms with van der Waals surface area (Å²) in [6.07, 6.45) is 5.63. The second-order valence-corrected chi connectivity index (χ2v) is 11.4. The Bertz CT molecular complexity index is 1310. The van der Waals surface area contributed by atoms with Crippen molar-refractivity contribution in [3.63, 3.8) is 0 Å². The topological polar surface area (TPSA) is 86.6 Å². The number of amides is 1. The van der Waals surface area contributed by atoms with E-state index in [-0.39, 0.29) is 41.3 Å². The number of hydrogen-bond acceptors (Lipinski definition) is 6.